The summed E-state index contributed by atoms with van der Waals surface area (Å²) in [5, 5.41) is 3.60. The van der Waals surface area contributed by atoms with Crippen LogP contribution in [-0.4, -0.2) is 65.3 Å². The summed E-state index contributed by atoms with van der Waals surface area (Å²) in [6.45, 7) is 10.4. The number of morpholine rings is 1. The van der Waals surface area contributed by atoms with E-state index in [1.54, 1.807) is 6.39 Å². The molecule has 152 valence electrons. The van der Waals surface area contributed by atoms with Crippen molar-refractivity contribution in [2.24, 2.45) is 0 Å². The molecule has 0 radical (unpaired) electrons. The van der Waals surface area contributed by atoms with Crippen LogP contribution in [0.4, 0.5) is 11.8 Å². The maximum Gasteiger partial charge on any atom is 0.227 e. The van der Waals surface area contributed by atoms with Gasteiger partial charge in [-0.3, -0.25) is 4.90 Å². The Morgan fingerprint density at radius 2 is 1.93 bits per heavy atom. The molecule has 2 saturated heterocycles. The summed E-state index contributed by atoms with van der Waals surface area (Å²) in [5.74, 6) is 3.08. The van der Waals surface area contributed by atoms with E-state index in [4.69, 9.17) is 14.1 Å². The van der Waals surface area contributed by atoms with Gasteiger partial charge in [0.05, 0.1) is 18.9 Å². The van der Waals surface area contributed by atoms with Gasteiger partial charge in [0, 0.05) is 50.9 Å². The maximum atomic E-state index is 5.55. The Kier molecular flexibility index (Phi) is 6.07. The molecule has 4 heterocycles. The molecule has 0 aliphatic carbocycles. The maximum absolute atomic E-state index is 5.55. The molecule has 2 aromatic heterocycles. The second-order valence-corrected chi connectivity index (χ2v) is 7.85. The quantitative estimate of drug-likeness (QED) is 0.811. The number of nitrogens with zero attached hydrogens (tertiary/aromatic N) is 5. The summed E-state index contributed by atoms with van der Waals surface area (Å²) in [4.78, 5) is 18.2. The first-order valence-electron chi connectivity index (χ1n) is 10.3. The Labute approximate surface area is 166 Å². The van der Waals surface area contributed by atoms with Gasteiger partial charge in [0.25, 0.3) is 0 Å². The Morgan fingerprint density at radius 1 is 1.14 bits per heavy atom. The minimum absolute atomic E-state index is 0.370. The average Bonchev–Trinajstić information content (AvgIpc) is 3.19. The largest absolute Gasteiger partial charge is 0.448 e. The molecule has 2 fully saturated rings. The molecule has 0 atom stereocenters. The molecule has 1 N–H and O–H groups in total. The summed E-state index contributed by atoms with van der Waals surface area (Å²) < 4.78 is 11.0. The monoisotopic (exact) mass is 386 g/mol. The van der Waals surface area contributed by atoms with Crippen molar-refractivity contribution in [3.63, 3.8) is 0 Å². The molecular formula is C20H30N6O2. The summed E-state index contributed by atoms with van der Waals surface area (Å²) in [5.41, 5.74) is 1.08. The van der Waals surface area contributed by atoms with Crippen molar-refractivity contribution in [3.05, 3.63) is 30.1 Å². The van der Waals surface area contributed by atoms with Crippen LogP contribution in [-0.2, 0) is 11.3 Å². The van der Waals surface area contributed by atoms with Crippen molar-refractivity contribution in [2.75, 3.05) is 49.6 Å². The minimum atomic E-state index is 0.370. The Hall–Kier alpha value is -2.19. The highest BCUT2D eigenvalue weighted by Gasteiger charge is 2.22. The number of hydrogen-bond acceptors (Lipinski definition) is 8. The SMILES string of the molecule is CC(C)c1ocnc1CN1CCC(Nc2ccnc(N3CCOCC3)n2)CC1. The molecule has 0 spiro atoms. The van der Waals surface area contributed by atoms with Crippen LogP contribution in [0.15, 0.2) is 23.1 Å². The Bertz CT molecular complexity index is 751. The fourth-order valence-electron chi connectivity index (χ4n) is 3.87. The van der Waals surface area contributed by atoms with E-state index in [0.29, 0.717) is 12.0 Å². The van der Waals surface area contributed by atoms with Crippen LogP contribution in [0, 0.1) is 0 Å². The van der Waals surface area contributed by atoms with Crippen LogP contribution in [0.25, 0.3) is 0 Å². The van der Waals surface area contributed by atoms with Gasteiger partial charge < -0.3 is 19.4 Å². The lowest BCUT2D eigenvalue weighted by atomic mass is 10.0. The van der Waals surface area contributed by atoms with Gasteiger partial charge in [-0.1, -0.05) is 13.8 Å². The van der Waals surface area contributed by atoms with Gasteiger partial charge in [-0.2, -0.15) is 4.98 Å². The van der Waals surface area contributed by atoms with Crippen LogP contribution >= 0.6 is 0 Å². The first kappa shape index (κ1) is 19.1. The van der Waals surface area contributed by atoms with E-state index < -0.39 is 0 Å². The smallest absolute Gasteiger partial charge is 0.227 e. The third kappa shape index (κ3) is 4.62. The fraction of sp³-hybridized carbons (Fsp3) is 0.650. The second kappa shape index (κ2) is 8.87. The summed E-state index contributed by atoms with van der Waals surface area (Å²) in [6, 6.07) is 2.39. The van der Waals surface area contributed by atoms with Crippen molar-refractivity contribution in [3.8, 4) is 0 Å². The van der Waals surface area contributed by atoms with Gasteiger partial charge in [0.15, 0.2) is 6.39 Å². The van der Waals surface area contributed by atoms with E-state index in [1.165, 1.54) is 0 Å². The van der Waals surface area contributed by atoms with Crippen LogP contribution in [0.1, 0.15) is 44.1 Å². The highest BCUT2D eigenvalue weighted by molar-refractivity contribution is 5.42. The van der Waals surface area contributed by atoms with Gasteiger partial charge in [0.1, 0.15) is 11.6 Å². The number of hydrogen-bond donors (Lipinski definition) is 1. The molecule has 2 aliphatic rings. The standard InChI is InChI=1S/C20H30N6O2/c1-15(2)19-17(22-14-28-19)13-25-7-4-16(5-8-25)23-18-3-6-21-20(24-18)26-9-11-27-12-10-26/h3,6,14-16H,4-5,7-13H2,1-2H3,(H,21,23,24). The number of aromatic nitrogens is 3. The Morgan fingerprint density at radius 3 is 2.68 bits per heavy atom. The van der Waals surface area contributed by atoms with E-state index in [9.17, 15) is 0 Å². The first-order chi connectivity index (χ1) is 13.7. The second-order valence-electron chi connectivity index (χ2n) is 7.85. The third-order valence-electron chi connectivity index (χ3n) is 5.45. The molecule has 0 amide bonds. The number of piperidine rings is 1. The summed E-state index contributed by atoms with van der Waals surface area (Å²) in [6.07, 6.45) is 5.59. The van der Waals surface area contributed by atoms with Gasteiger partial charge >= 0.3 is 0 Å². The molecular weight excluding hydrogens is 356 g/mol. The van der Waals surface area contributed by atoms with E-state index in [2.05, 4.69) is 38.9 Å². The van der Waals surface area contributed by atoms with Crippen LogP contribution in [0.3, 0.4) is 0 Å². The normalized spacial score (nSPS) is 19.3. The van der Waals surface area contributed by atoms with Crippen molar-refractivity contribution < 1.29 is 9.15 Å². The molecule has 8 heteroatoms. The Balaban J connectivity index is 1.29. The highest BCUT2D eigenvalue weighted by Crippen LogP contribution is 2.22. The molecule has 0 bridgehead atoms. The van der Waals surface area contributed by atoms with E-state index in [-0.39, 0.29) is 0 Å². The molecule has 4 rings (SSSR count). The molecule has 0 unspecified atom stereocenters. The summed E-state index contributed by atoms with van der Waals surface area (Å²) >= 11 is 0. The molecule has 2 aromatic rings. The average molecular weight is 387 g/mol. The number of anilines is 2. The summed E-state index contributed by atoms with van der Waals surface area (Å²) in [7, 11) is 0. The molecule has 28 heavy (non-hydrogen) atoms. The molecule has 8 nitrogen and oxygen atoms in total. The number of ether oxygens (including phenoxy) is 1. The number of oxazole rings is 1. The minimum Gasteiger partial charge on any atom is -0.448 e. The van der Waals surface area contributed by atoms with Gasteiger partial charge in [-0.05, 0) is 18.9 Å². The molecule has 2 aliphatic heterocycles. The third-order valence-corrected chi connectivity index (χ3v) is 5.45. The fourth-order valence-corrected chi connectivity index (χ4v) is 3.87. The topological polar surface area (TPSA) is 79.6 Å². The van der Waals surface area contributed by atoms with Crippen LogP contribution in [0.5, 0.6) is 0 Å². The zero-order valence-corrected chi connectivity index (χ0v) is 16.8. The zero-order chi connectivity index (χ0) is 19.3. The van der Waals surface area contributed by atoms with E-state index in [1.807, 2.05) is 12.3 Å². The van der Waals surface area contributed by atoms with Crippen molar-refractivity contribution in [1.82, 2.24) is 19.9 Å². The van der Waals surface area contributed by atoms with E-state index in [0.717, 1.165) is 82.0 Å². The number of rotatable bonds is 6. The lowest BCUT2D eigenvalue weighted by molar-refractivity contribution is 0.122. The predicted octanol–water partition coefficient (Wildman–Crippen LogP) is 2.50. The van der Waals surface area contributed by atoms with Gasteiger partial charge in [-0.15, -0.1) is 0 Å². The van der Waals surface area contributed by atoms with Crippen molar-refractivity contribution >= 4 is 11.8 Å². The van der Waals surface area contributed by atoms with Crippen molar-refractivity contribution in [2.45, 2.75) is 45.2 Å². The lowest BCUT2D eigenvalue weighted by Gasteiger charge is -2.32. The highest BCUT2D eigenvalue weighted by atomic mass is 16.5. The number of nitrogens with one attached hydrogen (secondary N) is 1. The van der Waals surface area contributed by atoms with Gasteiger partial charge in [0.2, 0.25) is 5.95 Å². The lowest BCUT2D eigenvalue weighted by Crippen LogP contribution is -2.39. The zero-order valence-electron chi connectivity index (χ0n) is 16.8. The molecule has 0 aromatic carbocycles. The predicted molar refractivity (Wildman–Crippen MR) is 108 cm³/mol. The van der Waals surface area contributed by atoms with E-state index >= 15 is 0 Å². The first-order valence-corrected chi connectivity index (χ1v) is 10.3. The van der Waals surface area contributed by atoms with Gasteiger partial charge in [-0.25, -0.2) is 9.97 Å². The van der Waals surface area contributed by atoms with Crippen LogP contribution < -0.4 is 10.2 Å². The van der Waals surface area contributed by atoms with Crippen LogP contribution in [0.2, 0.25) is 0 Å². The molecule has 0 saturated carbocycles. The van der Waals surface area contributed by atoms with Crippen molar-refractivity contribution in [1.29, 1.82) is 0 Å². The number of likely N-dealkylation sites (tertiary alicyclic amines) is 1.